The largest absolute Gasteiger partial charge is 0.497 e. The fourth-order valence-electron chi connectivity index (χ4n) is 3.34. The molecule has 1 aromatic heterocycles. The first-order valence-electron chi connectivity index (χ1n) is 10.5. The van der Waals surface area contributed by atoms with Crippen LogP contribution in [0, 0.1) is 0 Å². The number of carbonyl (C=O) groups excluding carboxylic acids is 3. The molecule has 1 aromatic carbocycles. The van der Waals surface area contributed by atoms with Gasteiger partial charge in [0, 0.05) is 38.0 Å². The number of nitrogens with zero attached hydrogens (tertiary/aromatic N) is 3. The van der Waals surface area contributed by atoms with Crippen molar-refractivity contribution in [1.82, 2.24) is 14.8 Å². The van der Waals surface area contributed by atoms with E-state index in [9.17, 15) is 14.4 Å². The maximum absolute atomic E-state index is 12.5. The van der Waals surface area contributed by atoms with E-state index in [-0.39, 0.29) is 24.3 Å². The summed E-state index contributed by atoms with van der Waals surface area (Å²) >= 11 is 1.26. The van der Waals surface area contributed by atoms with Crippen molar-refractivity contribution in [3.8, 4) is 5.75 Å². The standard InChI is InChI=1S/C22H28N4O5S/c1-3-31-20(28)14-17-15-32-21(23-17)24-22(29)26-12-10-25(11-13-26)19(27)9-6-16-4-7-18(30-2)8-5-16/h4-5,7-8,15H,3,6,9-14H2,1-2H3,(H,23,24,29). The SMILES string of the molecule is CCOC(=O)Cc1csc(NC(=O)N2CCN(C(=O)CCc3ccc(OC)cc3)CC2)n1. The van der Waals surface area contributed by atoms with E-state index in [1.54, 1.807) is 29.2 Å². The van der Waals surface area contributed by atoms with E-state index in [4.69, 9.17) is 9.47 Å². The van der Waals surface area contributed by atoms with Crippen LogP contribution in [0.4, 0.5) is 9.93 Å². The van der Waals surface area contributed by atoms with Crippen molar-refractivity contribution < 1.29 is 23.9 Å². The molecule has 3 amide bonds. The number of aromatic nitrogens is 1. The molecule has 1 aliphatic heterocycles. The second-order valence-electron chi connectivity index (χ2n) is 7.27. The molecule has 0 saturated carbocycles. The zero-order valence-corrected chi connectivity index (χ0v) is 19.2. The topological polar surface area (TPSA) is 101 Å². The van der Waals surface area contributed by atoms with Crippen LogP contribution < -0.4 is 10.1 Å². The summed E-state index contributed by atoms with van der Waals surface area (Å²) in [6.45, 7) is 3.99. The van der Waals surface area contributed by atoms with Gasteiger partial charge in [0.1, 0.15) is 5.75 Å². The Bertz CT molecular complexity index is 923. The molecule has 2 aromatic rings. The van der Waals surface area contributed by atoms with E-state index in [0.717, 1.165) is 11.3 Å². The van der Waals surface area contributed by atoms with Gasteiger partial charge in [-0.25, -0.2) is 9.78 Å². The number of hydrogen-bond acceptors (Lipinski definition) is 7. The number of ether oxygens (including phenoxy) is 2. The van der Waals surface area contributed by atoms with Crippen molar-refractivity contribution in [2.45, 2.75) is 26.2 Å². The number of amides is 3. The van der Waals surface area contributed by atoms with Crippen LogP contribution in [0.1, 0.15) is 24.6 Å². The second kappa shape index (κ2) is 11.5. The summed E-state index contributed by atoms with van der Waals surface area (Å²) in [6, 6.07) is 7.45. The molecule has 1 saturated heterocycles. The van der Waals surface area contributed by atoms with Crippen LogP contribution in [0.2, 0.25) is 0 Å². The first kappa shape index (κ1) is 23.5. The molecule has 3 rings (SSSR count). The van der Waals surface area contributed by atoms with Crippen LogP contribution in [-0.4, -0.2) is 72.6 Å². The summed E-state index contributed by atoms with van der Waals surface area (Å²) in [5, 5.41) is 4.93. The van der Waals surface area contributed by atoms with Crippen LogP contribution in [0.15, 0.2) is 29.6 Å². The number of hydrogen-bond donors (Lipinski definition) is 1. The number of rotatable bonds is 8. The lowest BCUT2D eigenvalue weighted by Crippen LogP contribution is -2.51. The number of nitrogens with one attached hydrogen (secondary N) is 1. The highest BCUT2D eigenvalue weighted by Gasteiger charge is 2.24. The fraction of sp³-hybridized carbons (Fsp3) is 0.455. The molecule has 0 radical (unpaired) electrons. The molecule has 10 heteroatoms. The highest BCUT2D eigenvalue weighted by atomic mass is 32.1. The second-order valence-corrected chi connectivity index (χ2v) is 8.13. The summed E-state index contributed by atoms with van der Waals surface area (Å²) in [6.07, 6.45) is 1.18. The summed E-state index contributed by atoms with van der Waals surface area (Å²) in [4.78, 5) is 44.3. The molecule has 0 atom stereocenters. The van der Waals surface area contributed by atoms with Gasteiger partial charge >= 0.3 is 12.0 Å². The monoisotopic (exact) mass is 460 g/mol. The maximum atomic E-state index is 12.5. The minimum Gasteiger partial charge on any atom is -0.497 e. The Morgan fingerprint density at radius 3 is 2.44 bits per heavy atom. The van der Waals surface area contributed by atoms with Crippen molar-refractivity contribution >= 4 is 34.4 Å². The predicted octanol–water partition coefficient (Wildman–Crippen LogP) is 2.57. The smallest absolute Gasteiger partial charge is 0.323 e. The Balaban J connectivity index is 1.40. The van der Waals surface area contributed by atoms with Crippen molar-refractivity contribution in [2.24, 2.45) is 0 Å². The van der Waals surface area contributed by atoms with Gasteiger partial charge in [0.2, 0.25) is 5.91 Å². The molecule has 1 aliphatic rings. The van der Waals surface area contributed by atoms with E-state index in [1.165, 1.54) is 11.3 Å². The molecule has 2 heterocycles. The number of methoxy groups -OCH3 is 1. The van der Waals surface area contributed by atoms with Crippen molar-refractivity contribution in [3.63, 3.8) is 0 Å². The van der Waals surface area contributed by atoms with Crippen molar-refractivity contribution in [2.75, 3.05) is 45.2 Å². The van der Waals surface area contributed by atoms with E-state index in [0.29, 0.717) is 56.5 Å². The number of thiazole rings is 1. The van der Waals surface area contributed by atoms with Gasteiger partial charge < -0.3 is 19.3 Å². The lowest BCUT2D eigenvalue weighted by Gasteiger charge is -2.34. The van der Waals surface area contributed by atoms with Gasteiger partial charge in [-0.15, -0.1) is 11.3 Å². The molecule has 32 heavy (non-hydrogen) atoms. The average molecular weight is 461 g/mol. The summed E-state index contributed by atoms with van der Waals surface area (Å²) in [5.74, 6) is 0.537. The zero-order valence-electron chi connectivity index (χ0n) is 18.3. The van der Waals surface area contributed by atoms with E-state index < -0.39 is 0 Å². The van der Waals surface area contributed by atoms with Crippen LogP contribution in [0.5, 0.6) is 5.75 Å². The average Bonchev–Trinajstić information content (AvgIpc) is 3.24. The highest BCUT2D eigenvalue weighted by Crippen LogP contribution is 2.18. The minimum absolute atomic E-state index is 0.0809. The third-order valence-electron chi connectivity index (χ3n) is 5.10. The number of anilines is 1. The molecule has 0 unspecified atom stereocenters. The first-order valence-corrected chi connectivity index (χ1v) is 11.4. The summed E-state index contributed by atoms with van der Waals surface area (Å²) in [5.41, 5.74) is 1.65. The Hall–Kier alpha value is -3.14. The molecule has 0 bridgehead atoms. The van der Waals surface area contributed by atoms with Crippen LogP contribution in [0.3, 0.4) is 0 Å². The molecule has 1 N–H and O–H groups in total. The van der Waals surface area contributed by atoms with E-state index in [1.807, 2.05) is 24.3 Å². The normalized spacial score (nSPS) is 13.6. The van der Waals surface area contributed by atoms with Gasteiger partial charge in [0.15, 0.2) is 5.13 Å². The quantitative estimate of drug-likeness (QED) is 0.608. The van der Waals surface area contributed by atoms with Gasteiger partial charge in [-0.1, -0.05) is 12.1 Å². The molecule has 172 valence electrons. The van der Waals surface area contributed by atoms with Crippen molar-refractivity contribution in [1.29, 1.82) is 0 Å². The molecular weight excluding hydrogens is 432 g/mol. The van der Waals surface area contributed by atoms with Crippen molar-refractivity contribution in [3.05, 3.63) is 40.9 Å². The van der Waals surface area contributed by atoms with Gasteiger partial charge in [-0.3, -0.25) is 14.9 Å². The van der Waals surface area contributed by atoms with Gasteiger partial charge in [-0.2, -0.15) is 0 Å². The number of carbonyl (C=O) groups is 3. The molecular formula is C22H28N4O5S. The lowest BCUT2D eigenvalue weighted by molar-refractivity contribution is -0.142. The number of urea groups is 1. The molecule has 1 fully saturated rings. The molecule has 9 nitrogen and oxygen atoms in total. The van der Waals surface area contributed by atoms with E-state index in [2.05, 4.69) is 10.3 Å². The number of aryl methyl sites for hydroxylation is 1. The Kier molecular flexibility index (Phi) is 8.43. The minimum atomic E-state index is -0.344. The maximum Gasteiger partial charge on any atom is 0.323 e. The number of piperazine rings is 1. The van der Waals surface area contributed by atoms with Gasteiger partial charge in [-0.05, 0) is 31.0 Å². The lowest BCUT2D eigenvalue weighted by atomic mass is 10.1. The van der Waals surface area contributed by atoms with Gasteiger partial charge in [0.25, 0.3) is 0 Å². The highest BCUT2D eigenvalue weighted by molar-refractivity contribution is 7.13. The first-order chi connectivity index (χ1) is 15.5. The third kappa shape index (κ3) is 6.68. The Labute approximate surface area is 191 Å². The third-order valence-corrected chi connectivity index (χ3v) is 5.91. The predicted molar refractivity (Wildman–Crippen MR) is 121 cm³/mol. The van der Waals surface area contributed by atoms with E-state index >= 15 is 0 Å². The summed E-state index contributed by atoms with van der Waals surface area (Å²) in [7, 11) is 1.62. The molecule has 0 aliphatic carbocycles. The number of benzene rings is 1. The number of esters is 1. The van der Waals surface area contributed by atoms with Crippen LogP contribution >= 0.6 is 11.3 Å². The zero-order chi connectivity index (χ0) is 22.9. The van der Waals surface area contributed by atoms with Crippen LogP contribution in [-0.2, 0) is 27.2 Å². The Morgan fingerprint density at radius 2 is 1.78 bits per heavy atom. The molecule has 0 spiro atoms. The van der Waals surface area contributed by atoms with Gasteiger partial charge in [0.05, 0.1) is 25.8 Å². The fourth-order valence-corrected chi connectivity index (χ4v) is 4.04. The Morgan fingerprint density at radius 1 is 1.09 bits per heavy atom. The van der Waals surface area contributed by atoms with Crippen LogP contribution in [0.25, 0.3) is 0 Å². The summed E-state index contributed by atoms with van der Waals surface area (Å²) < 4.78 is 10.1.